The fraction of sp³-hybridized carbons (Fsp3) is 0.375. The highest BCUT2D eigenvalue weighted by molar-refractivity contribution is 7.89. The van der Waals surface area contributed by atoms with Gasteiger partial charge in [0.25, 0.3) is 5.56 Å². The van der Waals surface area contributed by atoms with E-state index in [0.29, 0.717) is 6.54 Å². The molecule has 0 bridgehead atoms. The molecule has 1 unspecified atom stereocenters. The predicted octanol–water partition coefficient (Wildman–Crippen LogP) is 0.942. The third kappa shape index (κ3) is 4.01. The van der Waals surface area contributed by atoms with E-state index in [4.69, 9.17) is 5.14 Å². The second kappa shape index (κ2) is 6.74. The minimum absolute atomic E-state index is 0.0381. The van der Waals surface area contributed by atoms with E-state index in [9.17, 15) is 18.0 Å². The molecule has 1 aromatic heterocycles. The number of nitrogens with one attached hydrogen (secondary N) is 1. The molecule has 0 aliphatic rings. The summed E-state index contributed by atoms with van der Waals surface area (Å²) in [6.07, 6.45) is 3.01. The van der Waals surface area contributed by atoms with Crippen LogP contribution in [0.1, 0.15) is 32.3 Å². The third-order valence-corrected chi connectivity index (χ3v) is 4.99. The second-order valence-electron chi connectivity index (χ2n) is 6.12. The van der Waals surface area contributed by atoms with E-state index < -0.39 is 26.7 Å². The summed E-state index contributed by atoms with van der Waals surface area (Å²) in [6.45, 7) is 4.28. The number of nitrogens with two attached hydrogens (primary N) is 1. The van der Waals surface area contributed by atoms with E-state index in [1.807, 2.05) is 19.9 Å². The van der Waals surface area contributed by atoms with Crippen LogP contribution in [0.3, 0.4) is 0 Å². The lowest BCUT2D eigenvalue weighted by molar-refractivity contribution is 0.356. The van der Waals surface area contributed by atoms with Gasteiger partial charge >= 0.3 is 5.69 Å². The van der Waals surface area contributed by atoms with Crippen LogP contribution in [-0.4, -0.2) is 18.0 Å². The summed E-state index contributed by atoms with van der Waals surface area (Å²) in [4.78, 5) is 25.4. The highest BCUT2D eigenvalue weighted by atomic mass is 32.2. The van der Waals surface area contributed by atoms with E-state index in [2.05, 4.69) is 4.98 Å². The number of benzene rings is 1. The van der Waals surface area contributed by atoms with Crippen molar-refractivity contribution in [3.05, 3.63) is 62.9 Å². The van der Waals surface area contributed by atoms with Gasteiger partial charge in [-0.05, 0) is 24.1 Å². The van der Waals surface area contributed by atoms with Gasteiger partial charge in [0.15, 0.2) is 0 Å². The molecule has 0 spiro atoms. The molecule has 0 aliphatic heterocycles. The zero-order valence-corrected chi connectivity index (χ0v) is 14.5. The van der Waals surface area contributed by atoms with E-state index in [1.54, 1.807) is 12.1 Å². The van der Waals surface area contributed by atoms with Crippen molar-refractivity contribution in [3.8, 4) is 0 Å². The Morgan fingerprint density at radius 1 is 1.25 bits per heavy atom. The number of sulfonamides is 1. The van der Waals surface area contributed by atoms with Crippen molar-refractivity contribution < 1.29 is 8.42 Å². The Kier molecular flexibility index (Phi) is 5.10. The smallest absolute Gasteiger partial charge is 0.300 e. The molecule has 0 saturated carbocycles. The molecule has 24 heavy (non-hydrogen) atoms. The molecule has 0 fully saturated rings. The van der Waals surface area contributed by atoms with Crippen LogP contribution in [0.15, 0.2) is 51.0 Å². The average molecular weight is 351 g/mol. The van der Waals surface area contributed by atoms with E-state index in [-0.39, 0.29) is 4.90 Å². The standard InChI is InChI=1S/C16H21N3O4S/c1-3-8-16(2,11-19-9-7-14(20)18-15(19)21)12-5-4-6-13(10-12)24(17,22)23/h4-7,9-10H,3,8,11H2,1-2H3,(H2,17,22,23)(H,18,20,21). The predicted molar refractivity (Wildman–Crippen MR) is 91.4 cm³/mol. The van der Waals surface area contributed by atoms with E-state index in [0.717, 1.165) is 18.4 Å². The summed E-state index contributed by atoms with van der Waals surface area (Å²) >= 11 is 0. The van der Waals surface area contributed by atoms with Crippen LogP contribution in [-0.2, 0) is 22.0 Å². The lowest BCUT2D eigenvalue weighted by atomic mass is 9.78. The Labute approximate surface area is 140 Å². The number of H-pyrrole nitrogens is 1. The number of primary sulfonamides is 1. The largest absolute Gasteiger partial charge is 0.328 e. The van der Waals surface area contributed by atoms with Crippen LogP contribution in [0.4, 0.5) is 0 Å². The van der Waals surface area contributed by atoms with Crippen molar-refractivity contribution in [2.45, 2.75) is 43.5 Å². The van der Waals surface area contributed by atoms with Crippen molar-refractivity contribution in [1.82, 2.24) is 9.55 Å². The maximum atomic E-state index is 12.0. The molecule has 130 valence electrons. The fourth-order valence-corrected chi connectivity index (χ4v) is 3.42. The van der Waals surface area contributed by atoms with Crippen molar-refractivity contribution in [2.24, 2.45) is 5.14 Å². The Hall–Kier alpha value is -2.19. The summed E-state index contributed by atoms with van der Waals surface area (Å²) < 4.78 is 24.6. The monoisotopic (exact) mass is 351 g/mol. The molecule has 2 aromatic rings. The van der Waals surface area contributed by atoms with Gasteiger partial charge < -0.3 is 0 Å². The van der Waals surface area contributed by atoms with E-state index >= 15 is 0 Å². The van der Waals surface area contributed by atoms with Crippen molar-refractivity contribution >= 4 is 10.0 Å². The third-order valence-electron chi connectivity index (χ3n) is 4.08. The van der Waals surface area contributed by atoms with Crippen LogP contribution in [0.5, 0.6) is 0 Å². The SMILES string of the molecule is CCCC(C)(Cn1ccc(=O)[nH]c1=O)c1cccc(S(N)(=O)=O)c1. The molecule has 7 nitrogen and oxygen atoms in total. The van der Waals surface area contributed by atoms with Gasteiger partial charge in [0, 0.05) is 24.2 Å². The molecular weight excluding hydrogens is 330 g/mol. The van der Waals surface area contributed by atoms with E-state index in [1.165, 1.54) is 22.9 Å². The minimum atomic E-state index is -3.80. The van der Waals surface area contributed by atoms with Gasteiger partial charge in [0.1, 0.15) is 0 Å². The summed E-state index contributed by atoms with van der Waals surface area (Å²) in [5, 5.41) is 5.21. The number of aromatic amines is 1. The summed E-state index contributed by atoms with van der Waals surface area (Å²) in [5.74, 6) is 0. The quantitative estimate of drug-likeness (QED) is 0.806. The Bertz CT molecular complexity index is 946. The van der Waals surface area contributed by atoms with Crippen molar-refractivity contribution in [3.63, 3.8) is 0 Å². The van der Waals surface area contributed by atoms with Crippen LogP contribution in [0.2, 0.25) is 0 Å². The van der Waals surface area contributed by atoms with Crippen molar-refractivity contribution in [1.29, 1.82) is 0 Å². The topological polar surface area (TPSA) is 115 Å². The first-order valence-corrected chi connectivity index (χ1v) is 9.13. The highest BCUT2D eigenvalue weighted by Crippen LogP contribution is 2.31. The Balaban J connectivity index is 2.51. The van der Waals surface area contributed by atoms with Crippen LogP contribution in [0, 0.1) is 0 Å². The van der Waals surface area contributed by atoms with Crippen LogP contribution in [0.25, 0.3) is 0 Å². The normalized spacial score (nSPS) is 14.3. The molecule has 2 rings (SSSR count). The Morgan fingerprint density at radius 3 is 2.54 bits per heavy atom. The number of rotatable bonds is 6. The van der Waals surface area contributed by atoms with Gasteiger partial charge in [0.05, 0.1) is 4.90 Å². The summed E-state index contributed by atoms with van der Waals surface area (Å²) in [6, 6.07) is 7.73. The number of hydrogen-bond donors (Lipinski definition) is 2. The lowest BCUT2D eigenvalue weighted by Crippen LogP contribution is -2.36. The van der Waals surface area contributed by atoms with Gasteiger partial charge in [-0.2, -0.15) is 0 Å². The minimum Gasteiger partial charge on any atom is -0.300 e. The first-order valence-electron chi connectivity index (χ1n) is 7.59. The number of hydrogen-bond acceptors (Lipinski definition) is 4. The van der Waals surface area contributed by atoms with Gasteiger partial charge in [-0.15, -0.1) is 0 Å². The lowest BCUT2D eigenvalue weighted by Gasteiger charge is -2.31. The number of aromatic nitrogens is 2. The van der Waals surface area contributed by atoms with Crippen LogP contribution >= 0.6 is 0 Å². The highest BCUT2D eigenvalue weighted by Gasteiger charge is 2.28. The molecule has 8 heteroatoms. The summed E-state index contributed by atoms with van der Waals surface area (Å²) in [7, 11) is -3.80. The van der Waals surface area contributed by atoms with Gasteiger partial charge in [-0.1, -0.05) is 32.4 Å². The molecule has 1 aromatic carbocycles. The second-order valence-corrected chi connectivity index (χ2v) is 7.68. The molecule has 0 amide bonds. The average Bonchev–Trinajstić information content (AvgIpc) is 2.50. The molecular formula is C16H21N3O4S. The zero-order valence-electron chi connectivity index (χ0n) is 13.7. The molecule has 1 heterocycles. The molecule has 0 saturated heterocycles. The first kappa shape index (κ1) is 18.2. The van der Waals surface area contributed by atoms with Gasteiger partial charge in [-0.25, -0.2) is 18.4 Å². The molecule has 0 radical (unpaired) electrons. The maximum Gasteiger partial charge on any atom is 0.328 e. The van der Waals surface area contributed by atoms with Gasteiger partial charge in [-0.3, -0.25) is 14.3 Å². The fourth-order valence-electron chi connectivity index (χ4n) is 2.86. The van der Waals surface area contributed by atoms with Crippen LogP contribution < -0.4 is 16.4 Å². The Morgan fingerprint density at radius 2 is 1.96 bits per heavy atom. The maximum absolute atomic E-state index is 12.0. The zero-order chi connectivity index (χ0) is 18.0. The molecule has 3 N–H and O–H groups in total. The molecule has 0 aliphatic carbocycles. The first-order chi connectivity index (χ1) is 11.2. The number of nitrogens with zero attached hydrogens (tertiary/aromatic N) is 1. The van der Waals surface area contributed by atoms with Gasteiger partial charge in [0.2, 0.25) is 10.0 Å². The van der Waals surface area contributed by atoms with Crippen molar-refractivity contribution in [2.75, 3.05) is 0 Å². The summed E-state index contributed by atoms with van der Waals surface area (Å²) in [5.41, 5.74) is -0.664. The molecule has 1 atom stereocenters.